The van der Waals surface area contributed by atoms with Gasteiger partial charge in [-0.15, -0.1) is 0 Å². The van der Waals surface area contributed by atoms with Gasteiger partial charge < -0.3 is 11.1 Å². The minimum absolute atomic E-state index is 0.0159. The number of carbonyl (C=O) groups is 1. The van der Waals surface area contributed by atoms with E-state index in [1.807, 2.05) is 6.92 Å². The minimum atomic E-state index is -0.717. The highest BCUT2D eigenvalue weighted by molar-refractivity contribution is 5.85. The van der Waals surface area contributed by atoms with Crippen LogP contribution in [0.2, 0.25) is 0 Å². The normalized spacial score (nSPS) is 28.8. The van der Waals surface area contributed by atoms with Crippen LogP contribution in [0.1, 0.15) is 47.0 Å². The summed E-state index contributed by atoms with van der Waals surface area (Å²) < 4.78 is 0. The first-order chi connectivity index (χ1) is 6.29. The van der Waals surface area contributed by atoms with Crippen molar-refractivity contribution < 1.29 is 4.79 Å². The zero-order valence-corrected chi connectivity index (χ0v) is 9.68. The van der Waals surface area contributed by atoms with Gasteiger partial charge in [-0.1, -0.05) is 20.8 Å². The summed E-state index contributed by atoms with van der Waals surface area (Å²) in [4.78, 5) is 11.8. The molecule has 0 radical (unpaired) electrons. The SMILES string of the molecule is CCC(C)(N)C(=O)NC1CCC1(C)C. The standard InChI is InChI=1S/C11H22N2O/c1-5-11(4,12)9(14)13-8-6-7-10(8,2)3/h8H,5-7,12H2,1-4H3,(H,13,14). The predicted molar refractivity (Wildman–Crippen MR) is 57.8 cm³/mol. The van der Waals surface area contributed by atoms with Gasteiger partial charge >= 0.3 is 0 Å². The van der Waals surface area contributed by atoms with Crippen LogP contribution in [0, 0.1) is 5.41 Å². The monoisotopic (exact) mass is 198 g/mol. The smallest absolute Gasteiger partial charge is 0.240 e. The molecule has 0 aromatic rings. The fourth-order valence-electron chi connectivity index (χ4n) is 1.62. The first-order valence-corrected chi connectivity index (χ1v) is 5.39. The molecule has 82 valence electrons. The van der Waals surface area contributed by atoms with E-state index in [4.69, 9.17) is 5.73 Å². The van der Waals surface area contributed by atoms with Gasteiger partial charge in [-0.05, 0) is 31.6 Å². The van der Waals surface area contributed by atoms with Crippen molar-refractivity contribution in [3.8, 4) is 0 Å². The van der Waals surface area contributed by atoms with E-state index in [1.54, 1.807) is 6.92 Å². The maximum absolute atomic E-state index is 11.8. The van der Waals surface area contributed by atoms with Crippen LogP contribution in [0.25, 0.3) is 0 Å². The van der Waals surface area contributed by atoms with Gasteiger partial charge in [0.15, 0.2) is 0 Å². The van der Waals surface area contributed by atoms with E-state index in [9.17, 15) is 4.79 Å². The second-order valence-electron chi connectivity index (χ2n) is 5.32. The second-order valence-corrected chi connectivity index (χ2v) is 5.32. The molecule has 1 amide bonds. The topological polar surface area (TPSA) is 55.1 Å². The van der Waals surface area contributed by atoms with Crippen molar-refractivity contribution >= 4 is 5.91 Å². The highest BCUT2D eigenvalue weighted by Crippen LogP contribution is 2.40. The molecule has 0 aliphatic heterocycles. The molecule has 3 nitrogen and oxygen atoms in total. The van der Waals surface area contributed by atoms with Gasteiger partial charge in [0.25, 0.3) is 0 Å². The Hall–Kier alpha value is -0.570. The molecule has 1 rings (SSSR count). The molecule has 2 atom stereocenters. The fourth-order valence-corrected chi connectivity index (χ4v) is 1.62. The Bertz CT molecular complexity index is 233. The molecule has 1 saturated carbocycles. The number of amides is 1. The molecule has 0 aromatic heterocycles. The molecular formula is C11H22N2O. The lowest BCUT2D eigenvalue weighted by Crippen LogP contribution is -2.59. The molecule has 0 aromatic carbocycles. The van der Waals surface area contributed by atoms with Crippen LogP contribution in [0.4, 0.5) is 0 Å². The molecule has 14 heavy (non-hydrogen) atoms. The number of nitrogens with one attached hydrogen (secondary N) is 1. The molecule has 1 aliphatic rings. The number of nitrogens with two attached hydrogens (primary N) is 1. The number of carbonyl (C=O) groups excluding carboxylic acids is 1. The van der Waals surface area contributed by atoms with Crippen LogP contribution in [0.15, 0.2) is 0 Å². The molecular weight excluding hydrogens is 176 g/mol. The van der Waals surface area contributed by atoms with Crippen molar-refractivity contribution in [3.05, 3.63) is 0 Å². The van der Waals surface area contributed by atoms with Crippen LogP contribution in [-0.4, -0.2) is 17.5 Å². The number of rotatable bonds is 3. The largest absolute Gasteiger partial charge is 0.351 e. The van der Waals surface area contributed by atoms with Gasteiger partial charge in [0.05, 0.1) is 5.54 Å². The molecule has 2 unspecified atom stereocenters. The van der Waals surface area contributed by atoms with E-state index in [2.05, 4.69) is 19.2 Å². The van der Waals surface area contributed by atoms with E-state index in [1.165, 1.54) is 6.42 Å². The number of hydrogen-bond acceptors (Lipinski definition) is 2. The van der Waals surface area contributed by atoms with Crippen molar-refractivity contribution in [1.82, 2.24) is 5.32 Å². The first-order valence-electron chi connectivity index (χ1n) is 5.39. The third-order valence-electron chi connectivity index (χ3n) is 3.58. The van der Waals surface area contributed by atoms with Crippen molar-refractivity contribution in [2.45, 2.75) is 58.5 Å². The van der Waals surface area contributed by atoms with E-state index in [0.29, 0.717) is 12.5 Å². The Balaban J connectivity index is 2.50. The summed E-state index contributed by atoms with van der Waals surface area (Å²) in [7, 11) is 0. The van der Waals surface area contributed by atoms with E-state index in [-0.39, 0.29) is 11.3 Å². The lowest BCUT2D eigenvalue weighted by atomic mass is 9.67. The average Bonchev–Trinajstić information content (AvgIpc) is 2.12. The molecule has 0 bridgehead atoms. The van der Waals surface area contributed by atoms with Gasteiger partial charge in [-0.3, -0.25) is 4.79 Å². The fraction of sp³-hybridized carbons (Fsp3) is 0.909. The molecule has 1 aliphatic carbocycles. The molecule has 0 heterocycles. The lowest BCUT2D eigenvalue weighted by Gasteiger charge is -2.45. The van der Waals surface area contributed by atoms with Crippen LogP contribution in [-0.2, 0) is 4.79 Å². The quantitative estimate of drug-likeness (QED) is 0.720. The molecule has 0 saturated heterocycles. The molecule has 3 N–H and O–H groups in total. The van der Waals surface area contributed by atoms with E-state index in [0.717, 1.165) is 6.42 Å². The van der Waals surface area contributed by atoms with Crippen LogP contribution >= 0.6 is 0 Å². The summed E-state index contributed by atoms with van der Waals surface area (Å²) in [6.07, 6.45) is 2.94. The van der Waals surface area contributed by atoms with Crippen molar-refractivity contribution in [2.24, 2.45) is 11.1 Å². The summed E-state index contributed by atoms with van der Waals surface area (Å²) >= 11 is 0. The Kier molecular flexibility index (Phi) is 2.91. The minimum Gasteiger partial charge on any atom is -0.351 e. The highest BCUT2D eigenvalue weighted by atomic mass is 16.2. The third kappa shape index (κ3) is 2.08. The second kappa shape index (κ2) is 3.54. The summed E-state index contributed by atoms with van der Waals surface area (Å²) in [5, 5.41) is 3.03. The average molecular weight is 198 g/mol. The molecule has 3 heteroatoms. The van der Waals surface area contributed by atoms with E-state index < -0.39 is 5.54 Å². The summed E-state index contributed by atoms with van der Waals surface area (Å²) in [6.45, 7) is 8.09. The molecule has 0 spiro atoms. The Morgan fingerprint density at radius 2 is 2.21 bits per heavy atom. The summed E-state index contributed by atoms with van der Waals surface area (Å²) in [6, 6.07) is 0.310. The van der Waals surface area contributed by atoms with Crippen LogP contribution in [0.3, 0.4) is 0 Å². The Labute approximate surface area is 86.4 Å². The summed E-state index contributed by atoms with van der Waals surface area (Å²) in [5.41, 5.74) is 5.40. The van der Waals surface area contributed by atoms with Crippen molar-refractivity contribution in [3.63, 3.8) is 0 Å². The van der Waals surface area contributed by atoms with Gasteiger partial charge in [0.2, 0.25) is 5.91 Å². The van der Waals surface area contributed by atoms with Gasteiger partial charge in [-0.25, -0.2) is 0 Å². The van der Waals surface area contributed by atoms with Crippen molar-refractivity contribution in [1.29, 1.82) is 0 Å². The van der Waals surface area contributed by atoms with Crippen LogP contribution in [0.5, 0.6) is 0 Å². The lowest BCUT2D eigenvalue weighted by molar-refractivity contribution is -0.128. The Morgan fingerprint density at radius 3 is 2.50 bits per heavy atom. The Morgan fingerprint density at radius 1 is 1.64 bits per heavy atom. The predicted octanol–water partition coefficient (Wildman–Crippen LogP) is 1.42. The van der Waals surface area contributed by atoms with Gasteiger partial charge in [-0.2, -0.15) is 0 Å². The summed E-state index contributed by atoms with van der Waals surface area (Å²) in [5.74, 6) is -0.0159. The van der Waals surface area contributed by atoms with Gasteiger partial charge in [0.1, 0.15) is 0 Å². The zero-order chi connectivity index (χ0) is 11.0. The van der Waals surface area contributed by atoms with Gasteiger partial charge in [0, 0.05) is 6.04 Å². The maximum Gasteiger partial charge on any atom is 0.240 e. The zero-order valence-electron chi connectivity index (χ0n) is 9.68. The highest BCUT2D eigenvalue weighted by Gasteiger charge is 2.41. The number of hydrogen-bond donors (Lipinski definition) is 2. The first kappa shape index (κ1) is 11.5. The van der Waals surface area contributed by atoms with E-state index >= 15 is 0 Å². The van der Waals surface area contributed by atoms with Crippen LogP contribution < -0.4 is 11.1 Å². The third-order valence-corrected chi connectivity index (χ3v) is 3.58. The molecule has 1 fully saturated rings. The maximum atomic E-state index is 11.8. The van der Waals surface area contributed by atoms with Crippen molar-refractivity contribution in [2.75, 3.05) is 0 Å².